The predicted octanol–water partition coefficient (Wildman–Crippen LogP) is 4.87. The number of rotatable bonds is 2. The van der Waals surface area contributed by atoms with Crippen molar-refractivity contribution in [3.05, 3.63) is 52.1 Å². The van der Waals surface area contributed by atoms with Gasteiger partial charge in [0.15, 0.2) is 5.82 Å². The average Bonchev–Trinajstić information content (AvgIpc) is 2.79. The molecule has 0 saturated heterocycles. The van der Waals surface area contributed by atoms with Crippen molar-refractivity contribution < 1.29 is 0 Å². The first-order chi connectivity index (χ1) is 11.3. The molecule has 0 N–H and O–H groups in total. The molecular formula is C21H27N3. The zero-order chi connectivity index (χ0) is 17.6. The summed E-state index contributed by atoms with van der Waals surface area (Å²) in [6.45, 7) is 16.8. The van der Waals surface area contributed by atoms with Crippen molar-refractivity contribution in [3.8, 4) is 0 Å². The molecule has 126 valence electrons. The van der Waals surface area contributed by atoms with E-state index in [2.05, 4.69) is 69.4 Å². The Morgan fingerprint density at radius 3 is 2.12 bits per heavy atom. The zero-order valence-corrected chi connectivity index (χ0v) is 15.9. The summed E-state index contributed by atoms with van der Waals surface area (Å²) in [5.41, 5.74) is 9.54. The van der Waals surface area contributed by atoms with Gasteiger partial charge in [0.05, 0.1) is 5.54 Å². The Balaban J connectivity index is 2.36. The van der Waals surface area contributed by atoms with Gasteiger partial charge in [0.1, 0.15) is 0 Å². The summed E-state index contributed by atoms with van der Waals surface area (Å²) in [5.74, 6) is 0.778. The van der Waals surface area contributed by atoms with E-state index >= 15 is 0 Å². The fourth-order valence-corrected chi connectivity index (χ4v) is 4.01. The monoisotopic (exact) mass is 321 g/mol. The van der Waals surface area contributed by atoms with Gasteiger partial charge in [-0.05, 0) is 88.4 Å². The molecule has 2 aromatic rings. The molecule has 0 amide bonds. The number of aromatic nitrogens is 2. The van der Waals surface area contributed by atoms with E-state index in [0.29, 0.717) is 0 Å². The van der Waals surface area contributed by atoms with Crippen LogP contribution in [0, 0.1) is 27.7 Å². The second kappa shape index (κ2) is 5.73. The third-order valence-electron chi connectivity index (χ3n) is 5.70. The Bertz CT molecular complexity index is 817. The SMILES string of the molecule is CCN1c2c(C)c(C)c(C)c(C)c2/C(=C\c2ncccn2)C1(C)C. The molecule has 0 atom stereocenters. The zero-order valence-electron chi connectivity index (χ0n) is 15.9. The minimum Gasteiger partial charge on any atom is -0.362 e. The Labute approximate surface area is 145 Å². The van der Waals surface area contributed by atoms with Crippen LogP contribution in [-0.4, -0.2) is 22.1 Å². The van der Waals surface area contributed by atoms with Gasteiger partial charge in [-0.25, -0.2) is 9.97 Å². The van der Waals surface area contributed by atoms with E-state index in [4.69, 9.17) is 0 Å². The summed E-state index contributed by atoms with van der Waals surface area (Å²) in [7, 11) is 0. The number of hydrogen-bond donors (Lipinski definition) is 0. The number of anilines is 1. The van der Waals surface area contributed by atoms with Crippen molar-refractivity contribution >= 4 is 17.3 Å². The standard InChI is InChI=1S/C21H27N3/c1-8-24-20-16(5)14(3)13(2)15(4)19(20)17(21(24,6)7)12-18-22-10-9-11-23-18/h9-12H,8H2,1-7H3/b17-12+. The highest BCUT2D eigenvalue weighted by molar-refractivity contribution is 6.00. The fourth-order valence-electron chi connectivity index (χ4n) is 4.01. The Hall–Kier alpha value is -2.16. The number of benzene rings is 1. The molecule has 0 bridgehead atoms. The summed E-state index contributed by atoms with van der Waals surface area (Å²) < 4.78 is 0. The molecule has 0 saturated carbocycles. The number of fused-ring (bicyclic) bond motifs is 1. The maximum Gasteiger partial charge on any atom is 0.152 e. The minimum atomic E-state index is -0.0773. The maximum absolute atomic E-state index is 4.42. The van der Waals surface area contributed by atoms with Crippen molar-refractivity contribution in [2.45, 2.75) is 54.0 Å². The van der Waals surface area contributed by atoms with Crippen molar-refractivity contribution in [2.75, 3.05) is 11.4 Å². The number of hydrogen-bond acceptors (Lipinski definition) is 3. The number of nitrogens with zero attached hydrogens (tertiary/aromatic N) is 3. The fraction of sp³-hybridized carbons (Fsp3) is 0.429. The summed E-state index contributed by atoms with van der Waals surface area (Å²) in [6.07, 6.45) is 5.77. The van der Waals surface area contributed by atoms with Gasteiger partial charge in [-0.1, -0.05) is 0 Å². The summed E-state index contributed by atoms with van der Waals surface area (Å²) in [4.78, 5) is 11.4. The minimum absolute atomic E-state index is 0.0773. The molecule has 2 heterocycles. The first-order valence-corrected chi connectivity index (χ1v) is 8.68. The quantitative estimate of drug-likeness (QED) is 0.790. The molecule has 0 radical (unpaired) electrons. The van der Waals surface area contributed by atoms with Gasteiger partial charge in [0, 0.05) is 30.2 Å². The molecule has 24 heavy (non-hydrogen) atoms. The lowest BCUT2D eigenvalue weighted by molar-refractivity contribution is 0.608. The van der Waals surface area contributed by atoms with Gasteiger partial charge in [-0.3, -0.25) is 0 Å². The van der Waals surface area contributed by atoms with Gasteiger partial charge < -0.3 is 4.90 Å². The largest absolute Gasteiger partial charge is 0.362 e. The second-order valence-corrected chi connectivity index (χ2v) is 7.19. The molecule has 0 spiro atoms. The number of likely N-dealkylation sites (N-methyl/N-ethyl adjacent to an activating group) is 1. The molecular weight excluding hydrogens is 294 g/mol. The highest BCUT2D eigenvalue weighted by atomic mass is 15.2. The van der Waals surface area contributed by atoms with Crippen molar-refractivity contribution in [1.82, 2.24) is 9.97 Å². The molecule has 3 heteroatoms. The topological polar surface area (TPSA) is 29.0 Å². The lowest BCUT2D eigenvalue weighted by Crippen LogP contribution is -2.40. The Morgan fingerprint density at radius 1 is 0.958 bits per heavy atom. The van der Waals surface area contributed by atoms with Gasteiger partial charge >= 0.3 is 0 Å². The van der Waals surface area contributed by atoms with Crippen LogP contribution >= 0.6 is 0 Å². The van der Waals surface area contributed by atoms with E-state index in [1.54, 1.807) is 12.4 Å². The van der Waals surface area contributed by atoms with E-state index < -0.39 is 0 Å². The van der Waals surface area contributed by atoms with Crippen molar-refractivity contribution in [2.24, 2.45) is 0 Å². The van der Waals surface area contributed by atoms with Crippen LogP contribution in [0.25, 0.3) is 11.6 Å². The second-order valence-electron chi connectivity index (χ2n) is 7.19. The van der Waals surface area contributed by atoms with Gasteiger partial charge in [0.2, 0.25) is 0 Å². The van der Waals surface area contributed by atoms with Crippen LogP contribution in [0.1, 0.15) is 54.4 Å². The van der Waals surface area contributed by atoms with E-state index in [9.17, 15) is 0 Å². The highest BCUT2D eigenvalue weighted by Gasteiger charge is 2.42. The molecule has 1 aromatic carbocycles. The average molecular weight is 321 g/mol. The normalized spacial score (nSPS) is 17.5. The first kappa shape index (κ1) is 16.7. The van der Waals surface area contributed by atoms with Crippen LogP contribution in [0.2, 0.25) is 0 Å². The van der Waals surface area contributed by atoms with E-state index in [1.807, 2.05) is 6.07 Å². The highest BCUT2D eigenvalue weighted by Crippen LogP contribution is 2.51. The molecule has 1 aromatic heterocycles. The third kappa shape index (κ3) is 2.26. The van der Waals surface area contributed by atoms with Crippen LogP contribution in [0.15, 0.2) is 18.5 Å². The van der Waals surface area contributed by atoms with Crippen LogP contribution in [0.5, 0.6) is 0 Å². The van der Waals surface area contributed by atoms with Crippen LogP contribution < -0.4 is 4.90 Å². The molecule has 0 fully saturated rings. The van der Waals surface area contributed by atoms with E-state index in [0.717, 1.165) is 12.4 Å². The van der Waals surface area contributed by atoms with Gasteiger partial charge in [-0.2, -0.15) is 0 Å². The summed E-state index contributed by atoms with van der Waals surface area (Å²) >= 11 is 0. The Kier molecular flexibility index (Phi) is 3.98. The van der Waals surface area contributed by atoms with Crippen LogP contribution in [0.4, 0.5) is 5.69 Å². The predicted molar refractivity (Wildman–Crippen MR) is 102 cm³/mol. The summed E-state index contributed by atoms with van der Waals surface area (Å²) in [5, 5.41) is 0. The molecule has 0 unspecified atom stereocenters. The molecule has 3 rings (SSSR count). The Morgan fingerprint density at radius 2 is 1.54 bits per heavy atom. The van der Waals surface area contributed by atoms with Crippen molar-refractivity contribution in [1.29, 1.82) is 0 Å². The summed E-state index contributed by atoms with van der Waals surface area (Å²) in [6, 6.07) is 1.86. The molecule has 1 aliphatic rings. The lowest BCUT2D eigenvalue weighted by Gasteiger charge is -2.35. The molecule has 1 aliphatic heterocycles. The molecule has 3 nitrogen and oxygen atoms in total. The lowest BCUT2D eigenvalue weighted by atomic mass is 9.86. The van der Waals surface area contributed by atoms with E-state index in [-0.39, 0.29) is 5.54 Å². The first-order valence-electron chi connectivity index (χ1n) is 8.68. The van der Waals surface area contributed by atoms with Gasteiger partial charge in [0.25, 0.3) is 0 Å². The van der Waals surface area contributed by atoms with Crippen LogP contribution in [-0.2, 0) is 0 Å². The maximum atomic E-state index is 4.42. The van der Waals surface area contributed by atoms with E-state index in [1.165, 1.54) is 39.1 Å². The van der Waals surface area contributed by atoms with Gasteiger partial charge in [-0.15, -0.1) is 0 Å². The molecule has 0 aliphatic carbocycles. The van der Waals surface area contributed by atoms with Crippen LogP contribution in [0.3, 0.4) is 0 Å². The van der Waals surface area contributed by atoms with Crippen molar-refractivity contribution in [3.63, 3.8) is 0 Å². The third-order valence-corrected chi connectivity index (χ3v) is 5.70. The smallest absolute Gasteiger partial charge is 0.152 e.